The Bertz CT molecular complexity index is 1050. The van der Waals surface area contributed by atoms with Gasteiger partial charge in [0.2, 0.25) is 5.79 Å². The van der Waals surface area contributed by atoms with E-state index in [0.717, 1.165) is 16.5 Å². The molecule has 0 spiro atoms. The molecule has 13 heteroatoms. The summed E-state index contributed by atoms with van der Waals surface area (Å²) >= 11 is 3.51. The number of halogens is 1. The van der Waals surface area contributed by atoms with Crippen LogP contribution in [0.3, 0.4) is 0 Å². The highest BCUT2D eigenvalue weighted by atomic mass is 79.9. The Morgan fingerprint density at radius 1 is 1.26 bits per heavy atom. The fraction of sp³-hybridized carbons (Fsp3) is 0.760. The molecule has 216 valence electrons. The first kappa shape index (κ1) is 31.6. The third-order valence-electron chi connectivity index (χ3n) is 6.54. The van der Waals surface area contributed by atoms with Crippen LogP contribution in [0.15, 0.2) is 21.4 Å². The molecule has 2 N–H and O–H groups in total. The van der Waals surface area contributed by atoms with Crippen molar-refractivity contribution in [2.45, 2.75) is 88.9 Å². The lowest BCUT2D eigenvalue weighted by atomic mass is 9.96. The normalized spacial score (nSPS) is 17.7. The van der Waals surface area contributed by atoms with Crippen molar-refractivity contribution in [3.8, 4) is 0 Å². The van der Waals surface area contributed by atoms with E-state index in [2.05, 4.69) is 40.7 Å². The summed E-state index contributed by atoms with van der Waals surface area (Å²) in [5.41, 5.74) is 0.651. The molecule has 1 saturated heterocycles. The van der Waals surface area contributed by atoms with E-state index in [9.17, 15) is 4.21 Å². The van der Waals surface area contributed by atoms with Gasteiger partial charge in [0.05, 0.1) is 35.6 Å². The fourth-order valence-corrected chi connectivity index (χ4v) is 5.87. The molecule has 0 aliphatic carbocycles. The molecule has 2 aromatic rings. The van der Waals surface area contributed by atoms with Crippen LogP contribution in [0.2, 0.25) is 25.7 Å². The minimum Gasteiger partial charge on any atom is -0.381 e. The zero-order valence-corrected chi connectivity index (χ0v) is 26.9. The second kappa shape index (κ2) is 13.6. The second-order valence-corrected chi connectivity index (χ2v) is 19.8. The number of nitrogens with zero attached hydrogens (tertiary/aromatic N) is 3. The minimum atomic E-state index is -1.50. The average Bonchev–Trinajstić information content (AvgIpc) is 3.55. The smallest absolute Gasteiger partial charge is 0.216 e. The van der Waals surface area contributed by atoms with Crippen LogP contribution < -0.4 is 5.14 Å². The van der Waals surface area contributed by atoms with Crippen LogP contribution in [0.1, 0.15) is 56.3 Å². The van der Waals surface area contributed by atoms with Crippen molar-refractivity contribution < 1.29 is 27.7 Å². The lowest BCUT2D eigenvalue weighted by Crippen LogP contribution is -2.35. The molecule has 1 aliphatic heterocycles. The summed E-state index contributed by atoms with van der Waals surface area (Å²) in [5, 5.41) is 9.95. The monoisotopic (exact) mass is 634 g/mol. The Balaban J connectivity index is 1.63. The van der Waals surface area contributed by atoms with E-state index in [1.54, 1.807) is 0 Å². The third-order valence-corrected chi connectivity index (χ3v) is 9.88. The quantitative estimate of drug-likeness (QED) is 0.206. The molecular formula is C25H43BrN4O6SSi. The molecule has 1 unspecified atom stereocenters. The molecule has 0 amide bonds. The highest BCUT2D eigenvalue weighted by Crippen LogP contribution is 2.36. The van der Waals surface area contributed by atoms with Crippen molar-refractivity contribution in [1.29, 1.82) is 0 Å². The van der Waals surface area contributed by atoms with E-state index in [1.165, 1.54) is 0 Å². The molecule has 0 aromatic carbocycles. The number of aromatic nitrogens is 3. The first-order valence-electron chi connectivity index (χ1n) is 13.1. The highest BCUT2D eigenvalue weighted by Gasteiger charge is 2.41. The van der Waals surface area contributed by atoms with Crippen molar-refractivity contribution in [3.05, 3.63) is 34.1 Å². The van der Waals surface area contributed by atoms with Crippen molar-refractivity contribution in [2.75, 3.05) is 33.0 Å². The summed E-state index contributed by atoms with van der Waals surface area (Å²) in [7, 11) is -2.69. The number of rotatable bonds is 16. The number of ether oxygens (including phenoxy) is 4. The molecule has 0 radical (unpaired) electrons. The van der Waals surface area contributed by atoms with Gasteiger partial charge in [-0.1, -0.05) is 24.8 Å². The summed E-state index contributed by atoms with van der Waals surface area (Å²) in [6.07, 6.45) is 3.75. The number of hydrogen-bond acceptors (Lipinski definition) is 8. The highest BCUT2D eigenvalue weighted by molar-refractivity contribution is 9.10. The van der Waals surface area contributed by atoms with E-state index in [-0.39, 0.29) is 5.92 Å². The van der Waals surface area contributed by atoms with Crippen LogP contribution in [-0.4, -0.2) is 64.8 Å². The van der Waals surface area contributed by atoms with Gasteiger partial charge in [-0.15, -0.1) is 0 Å². The molecule has 1 fully saturated rings. The molecule has 2 atom stereocenters. The number of imidazole rings is 1. The van der Waals surface area contributed by atoms with E-state index in [0.29, 0.717) is 70.5 Å². The largest absolute Gasteiger partial charge is 0.381 e. The Morgan fingerprint density at radius 3 is 2.58 bits per heavy atom. The Hall–Kier alpha value is -0.933. The zero-order chi connectivity index (χ0) is 28.0. The molecular weight excluding hydrogens is 592 g/mol. The summed E-state index contributed by atoms with van der Waals surface area (Å²) in [5.74, 6) is 0.507. The van der Waals surface area contributed by atoms with Crippen molar-refractivity contribution in [1.82, 2.24) is 14.7 Å². The summed E-state index contributed by atoms with van der Waals surface area (Å²) in [6.45, 7) is 15.7. The van der Waals surface area contributed by atoms with Crippen LogP contribution in [0.25, 0.3) is 0 Å². The van der Waals surface area contributed by atoms with Gasteiger partial charge in [-0.25, -0.2) is 9.19 Å². The molecule has 1 aliphatic rings. The van der Waals surface area contributed by atoms with Gasteiger partial charge in [0.1, 0.15) is 28.6 Å². The number of nitrogens with two attached hydrogens (primary N) is 1. The number of hydrogen-bond donors (Lipinski definition) is 1. The van der Waals surface area contributed by atoms with Gasteiger partial charge in [-0.05, 0) is 55.6 Å². The molecule has 0 bridgehead atoms. The SMILES string of the molecule is Cc1cc(C2(CCCOC[C@H](CC(C)(C)S(N)=O)c3nc(Br)cn3COCC[Si](C)(C)C)OCCO2)no1. The van der Waals surface area contributed by atoms with E-state index in [4.69, 9.17) is 33.6 Å². The molecule has 3 heterocycles. The van der Waals surface area contributed by atoms with Crippen LogP contribution >= 0.6 is 15.9 Å². The van der Waals surface area contributed by atoms with Gasteiger partial charge in [0.15, 0.2) is 0 Å². The predicted molar refractivity (Wildman–Crippen MR) is 153 cm³/mol. The van der Waals surface area contributed by atoms with Crippen molar-refractivity contribution >= 4 is 35.0 Å². The molecule has 2 aromatic heterocycles. The first-order valence-corrected chi connectivity index (χ1v) is 18.8. The van der Waals surface area contributed by atoms with Gasteiger partial charge in [0.25, 0.3) is 0 Å². The standard InChI is InChI=1S/C25H43BrN4O6SSi/c1-19-14-21(29-36-19)25(34-10-11-35-25)8-7-9-32-17-20(15-24(2,3)37(27)31)23-28-22(26)16-30(23)18-33-12-13-38(4,5)6/h14,16,20H,7-13,15,17-18,27H2,1-6H3/t20-,37?/m0/s1. The summed E-state index contributed by atoms with van der Waals surface area (Å²) in [4.78, 5) is 4.73. The molecule has 3 rings (SSSR count). The lowest BCUT2D eigenvalue weighted by molar-refractivity contribution is -0.177. The molecule has 38 heavy (non-hydrogen) atoms. The van der Waals surface area contributed by atoms with Crippen LogP contribution in [-0.2, 0) is 42.5 Å². The van der Waals surface area contributed by atoms with Gasteiger partial charge >= 0.3 is 0 Å². The zero-order valence-electron chi connectivity index (χ0n) is 23.5. The van der Waals surface area contributed by atoms with Crippen LogP contribution in [0.5, 0.6) is 0 Å². The Labute approximate surface area is 238 Å². The topological polar surface area (TPSA) is 124 Å². The lowest BCUT2D eigenvalue weighted by Gasteiger charge is -2.28. The van der Waals surface area contributed by atoms with Crippen LogP contribution in [0, 0.1) is 6.92 Å². The van der Waals surface area contributed by atoms with Gasteiger partial charge < -0.3 is 28.0 Å². The van der Waals surface area contributed by atoms with Crippen LogP contribution in [0.4, 0.5) is 0 Å². The van der Waals surface area contributed by atoms with E-state index < -0.39 is 29.6 Å². The Kier molecular flexibility index (Phi) is 11.3. The predicted octanol–water partition coefficient (Wildman–Crippen LogP) is 4.83. The van der Waals surface area contributed by atoms with Gasteiger partial charge in [-0.2, -0.15) is 0 Å². The Morgan fingerprint density at radius 2 is 1.97 bits per heavy atom. The van der Waals surface area contributed by atoms with Gasteiger partial charge in [-0.3, -0.25) is 5.14 Å². The average molecular weight is 636 g/mol. The molecule has 10 nitrogen and oxygen atoms in total. The minimum absolute atomic E-state index is 0.129. The maximum absolute atomic E-state index is 12.3. The maximum atomic E-state index is 12.3. The van der Waals surface area contributed by atoms with Crippen molar-refractivity contribution in [2.24, 2.45) is 5.14 Å². The van der Waals surface area contributed by atoms with Crippen molar-refractivity contribution in [3.63, 3.8) is 0 Å². The second-order valence-electron chi connectivity index (χ2n) is 11.6. The van der Waals surface area contributed by atoms with Gasteiger partial charge in [0, 0.05) is 45.9 Å². The van der Waals surface area contributed by atoms with E-state index in [1.807, 2.05) is 37.6 Å². The maximum Gasteiger partial charge on any atom is 0.216 e. The number of aryl methyl sites for hydroxylation is 1. The molecule has 0 saturated carbocycles. The fourth-order valence-electron chi connectivity index (χ4n) is 4.32. The first-order chi connectivity index (χ1) is 17.8. The third kappa shape index (κ3) is 9.05. The summed E-state index contributed by atoms with van der Waals surface area (Å²) < 4.78 is 43.7. The van der Waals surface area contributed by atoms with E-state index >= 15 is 0 Å². The summed E-state index contributed by atoms with van der Waals surface area (Å²) in [6, 6.07) is 2.94.